The highest BCUT2D eigenvalue weighted by molar-refractivity contribution is 4.79. The summed E-state index contributed by atoms with van der Waals surface area (Å²) in [5, 5.41) is 0. The summed E-state index contributed by atoms with van der Waals surface area (Å²) in [5.74, 6) is 1.35. The number of ether oxygens (including phenoxy) is 2. The lowest BCUT2D eigenvalue weighted by molar-refractivity contribution is 0.0800. The Kier molecular flexibility index (Phi) is 4.42. The van der Waals surface area contributed by atoms with E-state index < -0.39 is 0 Å². The van der Waals surface area contributed by atoms with Gasteiger partial charge in [0.15, 0.2) is 0 Å². The molecule has 3 heteroatoms. The topological polar surface area (TPSA) is 44.5 Å². The minimum absolute atomic E-state index is 0.434. The van der Waals surface area contributed by atoms with Crippen molar-refractivity contribution in [2.45, 2.75) is 38.1 Å². The second-order valence-electron chi connectivity index (χ2n) is 4.95. The first kappa shape index (κ1) is 11.4. The summed E-state index contributed by atoms with van der Waals surface area (Å²) in [6, 6.07) is 0.434. The summed E-state index contributed by atoms with van der Waals surface area (Å²) in [6.07, 6.45) is 6.14. The maximum absolute atomic E-state index is 6.01. The molecule has 2 rings (SSSR count). The minimum atomic E-state index is 0.434. The second kappa shape index (κ2) is 5.83. The summed E-state index contributed by atoms with van der Waals surface area (Å²) in [4.78, 5) is 0. The molecular formula is C12H23NO2. The van der Waals surface area contributed by atoms with Crippen molar-refractivity contribution in [2.24, 2.45) is 17.6 Å². The molecule has 0 radical (unpaired) electrons. The van der Waals surface area contributed by atoms with Gasteiger partial charge in [0.2, 0.25) is 0 Å². The van der Waals surface area contributed by atoms with Crippen LogP contribution in [0.5, 0.6) is 0 Å². The van der Waals surface area contributed by atoms with Crippen molar-refractivity contribution in [1.82, 2.24) is 0 Å². The molecule has 1 saturated carbocycles. The van der Waals surface area contributed by atoms with Crippen LogP contribution in [0.2, 0.25) is 0 Å². The molecule has 0 spiro atoms. The lowest BCUT2D eigenvalue weighted by atomic mass is 10.0. The van der Waals surface area contributed by atoms with Gasteiger partial charge in [-0.3, -0.25) is 0 Å². The molecule has 1 aliphatic carbocycles. The van der Waals surface area contributed by atoms with Gasteiger partial charge in [0.25, 0.3) is 0 Å². The average Bonchev–Trinajstić information content (AvgIpc) is 2.85. The summed E-state index contributed by atoms with van der Waals surface area (Å²) >= 11 is 0. The molecule has 2 N–H and O–H groups in total. The van der Waals surface area contributed by atoms with Crippen LogP contribution in [0.4, 0.5) is 0 Å². The number of nitrogens with two attached hydrogens (primary N) is 1. The summed E-state index contributed by atoms with van der Waals surface area (Å²) in [6.45, 7) is 3.57. The van der Waals surface area contributed by atoms with E-state index in [1.807, 2.05) is 0 Å². The van der Waals surface area contributed by atoms with E-state index in [4.69, 9.17) is 15.2 Å². The van der Waals surface area contributed by atoms with E-state index in [9.17, 15) is 0 Å². The van der Waals surface area contributed by atoms with Crippen molar-refractivity contribution < 1.29 is 9.47 Å². The number of rotatable bonds is 5. The van der Waals surface area contributed by atoms with Gasteiger partial charge < -0.3 is 15.2 Å². The van der Waals surface area contributed by atoms with Crippen LogP contribution in [0.3, 0.4) is 0 Å². The molecule has 1 aliphatic heterocycles. The fourth-order valence-electron chi connectivity index (χ4n) is 2.62. The van der Waals surface area contributed by atoms with E-state index >= 15 is 0 Å². The van der Waals surface area contributed by atoms with Gasteiger partial charge in [0.05, 0.1) is 13.2 Å². The minimum Gasteiger partial charge on any atom is -0.381 e. The molecule has 1 heterocycles. The van der Waals surface area contributed by atoms with Crippen LogP contribution in [-0.4, -0.2) is 32.5 Å². The van der Waals surface area contributed by atoms with Gasteiger partial charge in [0.1, 0.15) is 0 Å². The molecule has 1 saturated heterocycles. The van der Waals surface area contributed by atoms with Crippen LogP contribution in [0, 0.1) is 11.8 Å². The maximum atomic E-state index is 6.01. The normalized spacial score (nSPS) is 36.2. The molecular weight excluding hydrogens is 190 g/mol. The van der Waals surface area contributed by atoms with Gasteiger partial charge in [-0.25, -0.2) is 0 Å². The van der Waals surface area contributed by atoms with Crippen LogP contribution in [0.15, 0.2) is 0 Å². The standard InChI is InChI=1S/C12H23NO2/c13-12-3-1-2-11(12)5-7-15-9-10-4-6-14-8-10/h10-12H,1-9,13H2. The molecule has 2 aliphatic rings. The smallest absolute Gasteiger partial charge is 0.0517 e. The molecule has 0 bridgehead atoms. The molecule has 15 heavy (non-hydrogen) atoms. The van der Waals surface area contributed by atoms with Crippen molar-refractivity contribution >= 4 is 0 Å². The number of hydrogen-bond acceptors (Lipinski definition) is 3. The zero-order chi connectivity index (χ0) is 10.5. The quantitative estimate of drug-likeness (QED) is 0.705. The third kappa shape index (κ3) is 3.44. The Morgan fingerprint density at radius 3 is 2.87 bits per heavy atom. The summed E-state index contributed by atoms with van der Waals surface area (Å²) in [5.41, 5.74) is 6.01. The van der Waals surface area contributed by atoms with Crippen molar-refractivity contribution in [3.63, 3.8) is 0 Å². The average molecular weight is 213 g/mol. The Morgan fingerprint density at radius 2 is 2.20 bits per heavy atom. The predicted octanol–water partition coefficient (Wildman–Crippen LogP) is 1.56. The molecule has 0 aromatic rings. The number of hydrogen-bond donors (Lipinski definition) is 1. The molecule has 0 amide bonds. The van der Waals surface area contributed by atoms with Gasteiger partial charge in [-0.1, -0.05) is 6.42 Å². The van der Waals surface area contributed by atoms with Gasteiger partial charge in [-0.15, -0.1) is 0 Å². The molecule has 0 aromatic heterocycles. The predicted molar refractivity (Wildman–Crippen MR) is 59.7 cm³/mol. The third-order valence-corrected chi connectivity index (χ3v) is 3.73. The largest absolute Gasteiger partial charge is 0.381 e. The van der Waals surface area contributed by atoms with Crippen LogP contribution in [-0.2, 0) is 9.47 Å². The first-order chi connectivity index (χ1) is 7.36. The molecule has 3 atom stereocenters. The molecule has 88 valence electrons. The Hall–Kier alpha value is -0.120. The van der Waals surface area contributed by atoms with Gasteiger partial charge in [-0.05, 0) is 31.6 Å². The Labute approximate surface area is 92.3 Å². The fourth-order valence-corrected chi connectivity index (χ4v) is 2.62. The van der Waals surface area contributed by atoms with E-state index in [-0.39, 0.29) is 0 Å². The zero-order valence-electron chi connectivity index (χ0n) is 9.49. The monoisotopic (exact) mass is 213 g/mol. The second-order valence-corrected chi connectivity index (χ2v) is 4.95. The highest BCUT2D eigenvalue weighted by atomic mass is 16.5. The summed E-state index contributed by atoms with van der Waals surface area (Å²) < 4.78 is 11.0. The highest BCUT2D eigenvalue weighted by Gasteiger charge is 2.23. The zero-order valence-corrected chi connectivity index (χ0v) is 9.49. The lowest BCUT2D eigenvalue weighted by Crippen LogP contribution is -2.25. The van der Waals surface area contributed by atoms with Crippen molar-refractivity contribution in [3.8, 4) is 0 Å². The highest BCUT2D eigenvalue weighted by Crippen LogP contribution is 2.26. The van der Waals surface area contributed by atoms with E-state index in [1.54, 1.807) is 0 Å². The Bertz CT molecular complexity index is 180. The summed E-state index contributed by atoms with van der Waals surface area (Å²) in [7, 11) is 0. The first-order valence-corrected chi connectivity index (χ1v) is 6.27. The molecule has 3 nitrogen and oxygen atoms in total. The first-order valence-electron chi connectivity index (χ1n) is 6.27. The van der Waals surface area contributed by atoms with Crippen LogP contribution >= 0.6 is 0 Å². The third-order valence-electron chi connectivity index (χ3n) is 3.73. The van der Waals surface area contributed by atoms with Gasteiger partial charge in [0, 0.05) is 25.2 Å². The van der Waals surface area contributed by atoms with Crippen molar-refractivity contribution in [3.05, 3.63) is 0 Å². The van der Waals surface area contributed by atoms with E-state index in [1.165, 1.54) is 25.7 Å². The van der Waals surface area contributed by atoms with Gasteiger partial charge >= 0.3 is 0 Å². The van der Waals surface area contributed by atoms with Crippen molar-refractivity contribution in [2.75, 3.05) is 26.4 Å². The molecule has 3 unspecified atom stereocenters. The van der Waals surface area contributed by atoms with Crippen LogP contribution < -0.4 is 5.73 Å². The van der Waals surface area contributed by atoms with E-state index in [2.05, 4.69) is 0 Å². The SMILES string of the molecule is NC1CCCC1CCOCC1CCOC1. The molecule has 2 fully saturated rings. The fraction of sp³-hybridized carbons (Fsp3) is 1.00. The van der Waals surface area contributed by atoms with E-state index in [0.717, 1.165) is 32.8 Å². The van der Waals surface area contributed by atoms with Crippen LogP contribution in [0.25, 0.3) is 0 Å². The molecule has 0 aromatic carbocycles. The Balaban J connectivity index is 1.51. The van der Waals surface area contributed by atoms with E-state index in [0.29, 0.717) is 17.9 Å². The van der Waals surface area contributed by atoms with Gasteiger partial charge in [-0.2, -0.15) is 0 Å². The lowest BCUT2D eigenvalue weighted by Gasteiger charge is -2.15. The van der Waals surface area contributed by atoms with Crippen molar-refractivity contribution in [1.29, 1.82) is 0 Å². The maximum Gasteiger partial charge on any atom is 0.0517 e. The Morgan fingerprint density at radius 1 is 1.27 bits per heavy atom. The van der Waals surface area contributed by atoms with Crippen LogP contribution in [0.1, 0.15) is 32.1 Å².